The van der Waals surface area contributed by atoms with Crippen LogP contribution in [0.5, 0.6) is 11.5 Å². The first-order valence-electron chi connectivity index (χ1n) is 12.9. The lowest BCUT2D eigenvalue weighted by atomic mass is 10.0. The summed E-state index contributed by atoms with van der Waals surface area (Å²) in [5.41, 5.74) is 0.991. The highest BCUT2D eigenvalue weighted by Gasteiger charge is 2.04. The van der Waals surface area contributed by atoms with Gasteiger partial charge in [0.15, 0.2) is 11.6 Å². The summed E-state index contributed by atoms with van der Waals surface area (Å²) in [4.78, 5) is 8.94. The zero-order valence-corrected chi connectivity index (χ0v) is 20.7. The van der Waals surface area contributed by atoms with Crippen molar-refractivity contribution < 1.29 is 9.47 Å². The monoisotopic (exact) mass is 440 g/mol. The molecule has 0 bridgehead atoms. The van der Waals surface area contributed by atoms with E-state index >= 15 is 0 Å². The molecule has 0 saturated carbocycles. The molecule has 0 fully saturated rings. The van der Waals surface area contributed by atoms with Crippen LogP contribution in [0.4, 0.5) is 0 Å². The van der Waals surface area contributed by atoms with Gasteiger partial charge in [-0.3, -0.25) is 0 Å². The molecule has 0 aliphatic carbocycles. The van der Waals surface area contributed by atoms with Gasteiger partial charge in [-0.15, -0.1) is 0 Å². The quantitative estimate of drug-likeness (QED) is 0.219. The molecule has 32 heavy (non-hydrogen) atoms. The third-order valence-corrected chi connectivity index (χ3v) is 6.06. The van der Waals surface area contributed by atoms with E-state index in [0.29, 0.717) is 5.82 Å². The second-order valence-corrected chi connectivity index (χ2v) is 8.95. The standard InChI is InChI=1S/C28H44N2O2/c1-4-6-7-8-10-13-20-31-26-18-16-25(17-19-26)28-29-22-27(23-30-28)32-21-14-11-9-12-15-24(3)5-2/h16-19,22-24H,4-15,20-21H2,1-3H3. The van der Waals surface area contributed by atoms with Gasteiger partial charge in [0.25, 0.3) is 0 Å². The molecule has 0 spiro atoms. The average Bonchev–Trinajstić information content (AvgIpc) is 2.83. The first-order chi connectivity index (χ1) is 15.7. The van der Waals surface area contributed by atoms with Crippen LogP contribution in [0, 0.1) is 5.92 Å². The third kappa shape index (κ3) is 11.0. The Morgan fingerprint density at radius 3 is 1.88 bits per heavy atom. The van der Waals surface area contributed by atoms with Gasteiger partial charge >= 0.3 is 0 Å². The first-order valence-corrected chi connectivity index (χ1v) is 12.9. The Bertz CT molecular complexity index is 700. The van der Waals surface area contributed by atoms with Crippen LogP contribution in [0.15, 0.2) is 36.7 Å². The van der Waals surface area contributed by atoms with E-state index in [9.17, 15) is 0 Å². The molecule has 1 atom stereocenters. The van der Waals surface area contributed by atoms with Gasteiger partial charge in [0.1, 0.15) is 5.75 Å². The number of hydrogen-bond acceptors (Lipinski definition) is 4. The molecule has 0 aliphatic heterocycles. The Morgan fingerprint density at radius 1 is 0.688 bits per heavy atom. The van der Waals surface area contributed by atoms with Gasteiger partial charge in [-0.2, -0.15) is 0 Å². The maximum absolute atomic E-state index is 5.86. The van der Waals surface area contributed by atoms with Crippen molar-refractivity contribution in [1.82, 2.24) is 9.97 Å². The van der Waals surface area contributed by atoms with Crippen LogP contribution in [0.1, 0.15) is 97.8 Å². The molecule has 0 N–H and O–H groups in total. The third-order valence-electron chi connectivity index (χ3n) is 6.06. The first kappa shape index (κ1) is 26.2. The molecule has 0 amide bonds. The smallest absolute Gasteiger partial charge is 0.159 e. The van der Waals surface area contributed by atoms with E-state index < -0.39 is 0 Å². The number of benzene rings is 1. The highest BCUT2D eigenvalue weighted by Crippen LogP contribution is 2.21. The molecule has 2 aromatic rings. The Labute approximate surface area is 196 Å². The lowest BCUT2D eigenvalue weighted by molar-refractivity contribution is 0.301. The Balaban J connectivity index is 1.62. The molecule has 1 unspecified atom stereocenters. The second-order valence-electron chi connectivity index (χ2n) is 8.95. The van der Waals surface area contributed by atoms with Crippen LogP contribution in [-0.2, 0) is 0 Å². The lowest BCUT2D eigenvalue weighted by Gasteiger charge is -2.09. The van der Waals surface area contributed by atoms with E-state index in [4.69, 9.17) is 9.47 Å². The molecule has 0 aliphatic rings. The van der Waals surface area contributed by atoms with Gasteiger partial charge < -0.3 is 9.47 Å². The second kappa shape index (κ2) is 16.5. The summed E-state index contributed by atoms with van der Waals surface area (Å²) in [7, 11) is 0. The average molecular weight is 441 g/mol. The molecule has 4 nitrogen and oxygen atoms in total. The number of aromatic nitrogens is 2. The summed E-state index contributed by atoms with van der Waals surface area (Å²) >= 11 is 0. The number of ether oxygens (including phenoxy) is 2. The number of nitrogens with zero attached hydrogens (tertiary/aromatic N) is 2. The van der Waals surface area contributed by atoms with Crippen LogP contribution in [-0.4, -0.2) is 23.2 Å². The van der Waals surface area contributed by atoms with Gasteiger partial charge in [0, 0.05) is 5.56 Å². The van der Waals surface area contributed by atoms with Gasteiger partial charge in [-0.1, -0.05) is 85.0 Å². The van der Waals surface area contributed by atoms with Gasteiger partial charge in [-0.05, 0) is 43.0 Å². The minimum Gasteiger partial charge on any atom is -0.494 e. The minimum atomic E-state index is 0.713. The van der Waals surface area contributed by atoms with Crippen molar-refractivity contribution in [1.29, 1.82) is 0 Å². The van der Waals surface area contributed by atoms with Crippen LogP contribution >= 0.6 is 0 Å². The zero-order chi connectivity index (χ0) is 22.9. The zero-order valence-electron chi connectivity index (χ0n) is 20.7. The highest BCUT2D eigenvalue weighted by atomic mass is 16.5. The van der Waals surface area contributed by atoms with Crippen molar-refractivity contribution in [2.45, 2.75) is 97.8 Å². The van der Waals surface area contributed by atoms with Crippen LogP contribution < -0.4 is 9.47 Å². The molecule has 1 aromatic heterocycles. The van der Waals surface area contributed by atoms with Gasteiger partial charge in [0.2, 0.25) is 0 Å². The summed E-state index contributed by atoms with van der Waals surface area (Å²) < 4.78 is 11.7. The van der Waals surface area contributed by atoms with Crippen LogP contribution in [0.3, 0.4) is 0 Å². The SMILES string of the molecule is CCCCCCCCOc1ccc(-c2ncc(OCCCCCCC(C)CC)cn2)cc1. The topological polar surface area (TPSA) is 44.2 Å². The molecule has 2 rings (SSSR count). The molecular formula is C28H44N2O2. The number of hydrogen-bond donors (Lipinski definition) is 0. The molecule has 178 valence electrons. The van der Waals surface area contributed by atoms with Crippen molar-refractivity contribution >= 4 is 0 Å². The normalized spacial score (nSPS) is 12.0. The van der Waals surface area contributed by atoms with E-state index in [1.165, 1.54) is 64.2 Å². The largest absolute Gasteiger partial charge is 0.494 e. The van der Waals surface area contributed by atoms with Crippen LogP contribution in [0.25, 0.3) is 11.4 Å². The number of unbranched alkanes of at least 4 members (excludes halogenated alkanes) is 8. The fourth-order valence-electron chi connectivity index (χ4n) is 3.66. The van der Waals surface area contributed by atoms with E-state index in [1.54, 1.807) is 12.4 Å². The predicted molar refractivity (Wildman–Crippen MR) is 134 cm³/mol. The molecule has 4 heteroatoms. The Morgan fingerprint density at radius 2 is 1.25 bits per heavy atom. The summed E-state index contributed by atoms with van der Waals surface area (Å²) in [6, 6.07) is 8.04. The maximum atomic E-state index is 5.86. The minimum absolute atomic E-state index is 0.713. The maximum Gasteiger partial charge on any atom is 0.159 e. The Hall–Kier alpha value is -2.10. The predicted octanol–water partition coefficient (Wildman–Crippen LogP) is 8.26. The van der Waals surface area contributed by atoms with Crippen molar-refractivity contribution in [3.8, 4) is 22.9 Å². The molecule has 1 aromatic carbocycles. The Kier molecular flexibility index (Phi) is 13.5. The van der Waals surface area contributed by atoms with E-state index in [2.05, 4.69) is 30.7 Å². The van der Waals surface area contributed by atoms with Gasteiger partial charge in [-0.25, -0.2) is 9.97 Å². The van der Waals surface area contributed by atoms with Crippen molar-refractivity contribution in [3.63, 3.8) is 0 Å². The van der Waals surface area contributed by atoms with Crippen molar-refractivity contribution in [2.75, 3.05) is 13.2 Å². The summed E-state index contributed by atoms with van der Waals surface area (Å²) in [5.74, 6) is 3.22. The van der Waals surface area contributed by atoms with Crippen molar-refractivity contribution in [2.24, 2.45) is 5.92 Å². The lowest BCUT2D eigenvalue weighted by Crippen LogP contribution is -2.00. The van der Waals surface area contributed by atoms with E-state index in [1.807, 2.05) is 24.3 Å². The fraction of sp³-hybridized carbons (Fsp3) is 0.643. The summed E-state index contributed by atoms with van der Waals surface area (Å²) in [6.07, 6.45) is 18.8. The molecule has 0 saturated heterocycles. The molecular weight excluding hydrogens is 396 g/mol. The summed E-state index contributed by atoms with van der Waals surface area (Å²) in [6.45, 7) is 8.38. The number of rotatable bonds is 18. The fourth-order valence-corrected chi connectivity index (χ4v) is 3.66. The van der Waals surface area contributed by atoms with E-state index in [-0.39, 0.29) is 0 Å². The molecule has 0 radical (unpaired) electrons. The van der Waals surface area contributed by atoms with E-state index in [0.717, 1.165) is 49.0 Å². The van der Waals surface area contributed by atoms with Crippen LogP contribution in [0.2, 0.25) is 0 Å². The van der Waals surface area contributed by atoms with Gasteiger partial charge in [0.05, 0.1) is 25.6 Å². The highest BCUT2D eigenvalue weighted by molar-refractivity contribution is 5.56. The van der Waals surface area contributed by atoms with Crippen molar-refractivity contribution in [3.05, 3.63) is 36.7 Å². The summed E-state index contributed by atoms with van der Waals surface area (Å²) in [5, 5.41) is 0. The molecule has 1 heterocycles.